The van der Waals surface area contributed by atoms with Gasteiger partial charge in [-0.2, -0.15) is 0 Å². The molecule has 0 radical (unpaired) electrons. The minimum Gasteiger partial charge on any atom is -0.314 e. The summed E-state index contributed by atoms with van der Waals surface area (Å²) < 4.78 is 0. The van der Waals surface area contributed by atoms with E-state index in [9.17, 15) is 0 Å². The molecule has 1 aromatic heterocycles. The van der Waals surface area contributed by atoms with E-state index in [1.165, 1.54) is 43.5 Å². The Kier molecular flexibility index (Phi) is 5.46. The van der Waals surface area contributed by atoms with E-state index in [-0.39, 0.29) is 0 Å². The lowest BCUT2D eigenvalue weighted by molar-refractivity contribution is 0.279. The normalized spacial score (nSPS) is 25.0. The number of hydrogen-bond acceptors (Lipinski definition) is 3. The maximum Gasteiger partial charge on any atom is 0.0937 e. The number of thiazole rings is 1. The standard InChI is InChI=1S/C14H24N2S/c1-2-3-12-4-6-13(7-5-12)15-9-8-14-16-10-11-17-14/h10-13,15H,2-9H2,1H3. The Bertz CT molecular complexity index is 289. The van der Waals surface area contributed by atoms with Crippen molar-refractivity contribution in [1.29, 1.82) is 0 Å². The third-order valence-electron chi connectivity index (χ3n) is 3.80. The second-order valence-corrected chi connectivity index (χ2v) is 6.12. The quantitative estimate of drug-likeness (QED) is 0.836. The lowest BCUT2D eigenvalue weighted by Crippen LogP contribution is -2.34. The van der Waals surface area contributed by atoms with E-state index in [0.717, 1.165) is 24.9 Å². The first-order chi connectivity index (χ1) is 8.38. The molecule has 0 unspecified atom stereocenters. The summed E-state index contributed by atoms with van der Waals surface area (Å²) in [6, 6.07) is 0.767. The van der Waals surface area contributed by atoms with Crippen molar-refractivity contribution in [2.24, 2.45) is 5.92 Å². The predicted molar refractivity (Wildman–Crippen MR) is 74.5 cm³/mol. The second-order valence-electron chi connectivity index (χ2n) is 5.14. The van der Waals surface area contributed by atoms with Gasteiger partial charge in [0.05, 0.1) is 5.01 Å². The maximum absolute atomic E-state index is 4.31. The molecule has 1 aromatic rings. The van der Waals surface area contributed by atoms with Crippen LogP contribution in [0.5, 0.6) is 0 Å². The molecule has 2 rings (SSSR count). The average molecular weight is 252 g/mol. The molecule has 1 aliphatic rings. The number of nitrogens with zero attached hydrogens (tertiary/aromatic N) is 1. The molecule has 2 nitrogen and oxygen atoms in total. The Labute approximate surface area is 109 Å². The molecule has 0 aliphatic heterocycles. The van der Waals surface area contributed by atoms with E-state index in [1.54, 1.807) is 11.3 Å². The number of aromatic nitrogens is 1. The highest BCUT2D eigenvalue weighted by atomic mass is 32.1. The van der Waals surface area contributed by atoms with Crippen molar-refractivity contribution in [3.63, 3.8) is 0 Å². The number of hydrogen-bond donors (Lipinski definition) is 1. The molecule has 0 saturated heterocycles. The first-order valence-electron chi connectivity index (χ1n) is 7.00. The van der Waals surface area contributed by atoms with Gasteiger partial charge in [-0.3, -0.25) is 0 Å². The van der Waals surface area contributed by atoms with E-state index >= 15 is 0 Å². The zero-order valence-corrected chi connectivity index (χ0v) is 11.6. The number of nitrogens with one attached hydrogen (secondary N) is 1. The van der Waals surface area contributed by atoms with Crippen LogP contribution in [0.2, 0.25) is 0 Å². The van der Waals surface area contributed by atoms with Crippen LogP contribution in [-0.2, 0) is 6.42 Å². The topological polar surface area (TPSA) is 24.9 Å². The number of rotatable bonds is 6. The third kappa shape index (κ3) is 4.40. The fourth-order valence-corrected chi connectivity index (χ4v) is 3.44. The summed E-state index contributed by atoms with van der Waals surface area (Å²) in [5, 5.41) is 7.01. The lowest BCUT2D eigenvalue weighted by atomic mass is 9.83. The van der Waals surface area contributed by atoms with Gasteiger partial charge in [0.1, 0.15) is 0 Å². The SMILES string of the molecule is CCCC1CCC(NCCc2nccs2)CC1. The Balaban J connectivity index is 1.58. The van der Waals surface area contributed by atoms with Gasteiger partial charge >= 0.3 is 0 Å². The van der Waals surface area contributed by atoms with Gasteiger partial charge in [0.15, 0.2) is 0 Å². The van der Waals surface area contributed by atoms with Crippen molar-refractivity contribution in [2.45, 2.75) is 57.9 Å². The highest BCUT2D eigenvalue weighted by Gasteiger charge is 2.19. The van der Waals surface area contributed by atoms with Gasteiger partial charge in [-0.1, -0.05) is 19.8 Å². The molecule has 1 heterocycles. The van der Waals surface area contributed by atoms with Crippen LogP contribution in [0.15, 0.2) is 11.6 Å². The van der Waals surface area contributed by atoms with Gasteiger partial charge in [-0.25, -0.2) is 4.98 Å². The van der Waals surface area contributed by atoms with Crippen LogP contribution < -0.4 is 5.32 Å². The molecule has 0 atom stereocenters. The highest BCUT2D eigenvalue weighted by Crippen LogP contribution is 2.27. The third-order valence-corrected chi connectivity index (χ3v) is 4.64. The van der Waals surface area contributed by atoms with Crippen LogP contribution in [0.1, 0.15) is 50.5 Å². The summed E-state index contributed by atoms with van der Waals surface area (Å²) in [6.45, 7) is 3.40. The highest BCUT2D eigenvalue weighted by molar-refractivity contribution is 7.09. The van der Waals surface area contributed by atoms with Crippen LogP contribution in [0.4, 0.5) is 0 Å². The van der Waals surface area contributed by atoms with Crippen molar-refractivity contribution >= 4 is 11.3 Å². The molecule has 17 heavy (non-hydrogen) atoms. The minimum atomic E-state index is 0.767. The molecular formula is C14H24N2S. The van der Waals surface area contributed by atoms with E-state index in [0.29, 0.717) is 0 Å². The Morgan fingerprint density at radius 2 is 2.18 bits per heavy atom. The molecule has 1 aliphatic carbocycles. The zero-order valence-electron chi connectivity index (χ0n) is 10.8. The van der Waals surface area contributed by atoms with Crippen molar-refractivity contribution in [2.75, 3.05) is 6.54 Å². The molecule has 0 aromatic carbocycles. The summed E-state index contributed by atoms with van der Waals surface area (Å²) in [5.74, 6) is 1.01. The van der Waals surface area contributed by atoms with Gasteiger partial charge in [-0.15, -0.1) is 11.3 Å². The van der Waals surface area contributed by atoms with Crippen LogP contribution in [0, 0.1) is 5.92 Å². The molecule has 0 bridgehead atoms. The van der Waals surface area contributed by atoms with Crippen LogP contribution in [-0.4, -0.2) is 17.6 Å². The van der Waals surface area contributed by atoms with Gasteiger partial charge in [0.25, 0.3) is 0 Å². The van der Waals surface area contributed by atoms with Gasteiger partial charge in [0.2, 0.25) is 0 Å². The molecule has 0 amide bonds. The van der Waals surface area contributed by atoms with E-state index in [2.05, 4.69) is 22.6 Å². The Hall–Kier alpha value is -0.410. The Morgan fingerprint density at radius 1 is 1.35 bits per heavy atom. The first kappa shape index (κ1) is 13.0. The van der Waals surface area contributed by atoms with Crippen LogP contribution >= 0.6 is 11.3 Å². The Morgan fingerprint density at radius 3 is 2.82 bits per heavy atom. The van der Waals surface area contributed by atoms with E-state index in [1.807, 2.05) is 6.20 Å². The van der Waals surface area contributed by atoms with Gasteiger partial charge < -0.3 is 5.32 Å². The minimum absolute atomic E-state index is 0.767. The summed E-state index contributed by atoms with van der Waals surface area (Å²) in [5.41, 5.74) is 0. The van der Waals surface area contributed by atoms with Gasteiger partial charge in [-0.05, 0) is 31.6 Å². The summed E-state index contributed by atoms with van der Waals surface area (Å²) in [7, 11) is 0. The van der Waals surface area contributed by atoms with Crippen molar-refractivity contribution < 1.29 is 0 Å². The van der Waals surface area contributed by atoms with Crippen molar-refractivity contribution in [1.82, 2.24) is 10.3 Å². The molecule has 96 valence electrons. The first-order valence-corrected chi connectivity index (χ1v) is 7.88. The molecule has 0 spiro atoms. The van der Waals surface area contributed by atoms with E-state index in [4.69, 9.17) is 0 Å². The molecule has 3 heteroatoms. The van der Waals surface area contributed by atoms with E-state index < -0.39 is 0 Å². The molecule has 1 saturated carbocycles. The zero-order chi connectivity index (χ0) is 11.9. The van der Waals surface area contributed by atoms with Crippen molar-refractivity contribution in [3.8, 4) is 0 Å². The smallest absolute Gasteiger partial charge is 0.0937 e. The fourth-order valence-electron chi connectivity index (χ4n) is 2.82. The molecular weight excluding hydrogens is 228 g/mol. The van der Waals surface area contributed by atoms with Crippen LogP contribution in [0.25, 0.3) is 0 Å². The monoisotopic (exact) mass is 252 g/mol. The second kappa shape index (κ2) is 7.12. The van der Waals surface area contributed by atoms with Gasteiger partial charge in [0, 0.05) is 30.6 Å². The largest absolute Gasteiger partial charge is 0.314 e. The fraction of sp³-hybridized carbons (Fsp3) is 0.786. The molecule has 1 N–H and O–H groups in total. The molecule has 1 fully saturated rings. The maximum atomic E-state index is 4.31. The summed E-state index contributed by atoms with van der Waals surface area (Å²) in [6.07, 6.45) is 11.4. The predicted octanol–water partition coefficient (Wildman–Crippen LogP) is 3.63. The summed E-state index contributed by atoms with van der Waals surface area (Å²) in [4.78, 5) is 4.31. The van der Waals surface area contributed by atoms with Crippen molar-refractivity contribution in [3.05, 3.63) is 16.6 Å². The average Bonchev–Trinajstić information content (AvgIpc) is 2.85. The van der Waals surface area contributed by atoms with Crippen LogP contribution in [0.3, 0.4) is 0 Å². The summed E-state index contributed by atoms with van der Waals surface area (Å²) >= 11 is 1.77. The lowest BCUT2D eigenvalue weighted by Gasteiger charge is -2.29.